The summed E-state index contributed by atoms with van der Waals surface area (Å²) in [5.41, 5.74) is 0.673. The molecule has 3 rings (SSSR count). The van der Waals surface area contributed by atoms with Gasteiger partial charge in [0.2, 0.25) is 0 Å². The van der Waals surface area contributed by atoms with Crippen molar-refractivity contribution in [2.45, 2.75) is 11.4 Å². The highest BCUT2D eigenvalue weighted by atomic mass is 32.2. The molecule has 3 aromatic rings. The molecule has 3 N–H and O–H groups in total. The Labute approximate surface area is 165 Å². The number of aromatic nitrogens is 1. The van der Waals surface area contributed by atoms with Crippen LogP contribution < -0.4 is 15.4 Å². The number of nitrogens with zero attached hydrogens (tertiary/aromatic N) is 1. The van der Waals surface area contributed by atoms with Crippen molar-refractivity contribution in [2.24, 2.45) is 0 Å². The number of hydrogen-bond acceptors (Lipinski definition) is 4. The number of benzene rings is 2. The zero-order valence-electron chi connectivity index (χ0n) is 14.9. The van der Waals surface area contributed by atoms with Crippen LogP contribution in [0.3, 0.4) is 0 Å². The number of amides is 2. The lowest BCUT2D eigenvalue weighted by Crippen LogP contribution is -2.28. The van der Waals surface area contributed by atoms with Gasteiger partial charge in [0.15, 0.2) is 0 Å². The Kier molecular flexibility index (Phi) is 6.03. The van der Waals surface area contributed by atoms with E-state index in [0.29, 0.717) is 5.69 Å². The minimum atomic E-state index is -4.14. The molecule has 0 bridgehead atoms. The number of anilines is 2. The molecule has 7 nitrogen and oxygen atoms in total. The van der Waals surface area contributed by atoms with E-state index in [4.69, 9.17) is 0 Å². The van der Waals surface area contributed by atoms with E-state index < -0.39 is 33.4 Å². The topological polar surface area (TPSA) is 100 Å². The second-order valence-electron chi connectivity index (χ2n) is 5.92. The Morgan fingerprint density at radius 3 is 2.48 bits per heavy atom. The van der Waals surface area contributed by atoms with E-state index in [1.54, 1.807) is 24.5 Å². The summed E-state index contributed by atoms with van der Waals surface area (Å²) in [6.45, 7) is 0.273. The Morgan fingerprint density at radius 1 is 1.03 bits per heavy atom. The van der Waals surface area contributed by atoms with Crippen molar-refractivity contribution in [2.75, 3.05) is 10.0 Å². The fourth-order valence-electron chi connectivity index (χ4n) is 2.36. The van der Waals surface area contributed by atoms with Crippen LogP contribution >= 0.6 is 0 Å². The van der Waals surface area contributed by atoms with E-state index in [1.165, 1.54) is 24.3 Å². The van der Waals surface area contributed by atoms with Crippen molar-refractivity contribution in [3.8, 4) is 0 Å². The number of nitrogens with one attached hydrogen (secondary N) is 3. The molecule has 0 atom stereocenters. The van der Waals surface area contributed by atoms with Crippen molar-refractivity contribution in [1.29, 1.82) is 0 Å². The molecule has 2 aromatic carbocycles. The average Bonchev–Trinajstić information content (AvgIpc) is 2.70. The normalized spacial score (nSPS) is 11.0. The number of hydrogen-bond donors (Lipinski definition) is 3. The summed E-state index contributed by atoms with van der Waals surface area (Å²) in [4.78, 5) is 15.7. The SMILES string of the molecule is O=C(NCc1cccnc1)Nc1ccc(S(=O)(=O)Nc2cc(F)ccc2F)cc1. The van der Waals surface area contributed by atoms with Crippen LogP contribution in [-0.4, -0.2) is 19.4 Å². The van der Waals surface area contributed by atoms with E-state index in [-0.39, 0.29) is 11.4 Å². The number of urea groups is 1. The van der Waals surface area contributed by atoms with Crippen LogP contribution in [-0.2, 0) is 16.6 Å². The molecular formula is C19H16F2N4O3S. The van der Waals surface area contributed by atoms with Crippen molar-refractivity contribution >= 4 is 27.4 Å². The van der Waals surface area contributed by atoms with Gasteiger partial charge < -0.3 is 10.6 Å². The highest BCUT2D eigenvalue weighted by Gasteiger charge is 2.17. The molecule has 0 aliphatic carbocycles. The van der Waals surface area contributed by atoms with Crippen LogP contribution in [0.15, 0.2) is 71.9 Å². The van der Waals surface area contributed by atoms with Crippen molar-refractivity contribution < 1.29 is 22.0 Å². The number of halogens is 2. The van der Waals surface area contributed by atoms with Gasteiger partial charge in [0.05, 0.1) is 10.6 Å². The lowest BCUT2D eigenvalue weighted by molar-refractivity contribution is 0.251. The largest absolute Gasteiger partial charge is 0.334 e. The van der Waals surface area contributed by atoms with Gasteiger partial charge in [-0.15, -0.1) is 0 Å². The number of carbonyl (C=O) groups is 1. The first-order valence-corrected chi connectivity index (χ1v) is 9.83. The summed E-state index contributed by atoms with van der Waals surface area (Å²) in [6, 6.07) is 10.7. The molecule has 0 radical (unpaired) electrons. The standard InChI is InChI=1S/C19H16F2N4O3S/c20-14-3-8-17(21)18(10-14)25-29(27,28)16-6-4-15(5-7-16)24-19(26)23-12-13-2-1-9-22-11-13/h1-11,25H,12H2,(H2,23,24,26). The molecule has 10 heteroatoms. The lowest BCUT2D eigenvalue weighted by atomic mass is 10.3. The van der Waals surface area contributed by atoms with E-state index in [2.05, 4.69) is 15.6 Å². The molecule has 0 spiro atoms. The molecule has 0 unspecified atom stereocenters. The molecule has 0 saturated carbocycles. The molecule has 1 aromatic heterocycles. The predicted octanol–water partition coefficient (Wildman–Crippen LogP) is 3.48. The number of rotatable bonds is 6. The van der Waals surface area contributed by atoms with Gasteiger partial charge in [-0.05, 0) is 48.0 Å². The fourth-order valence-corrected chi connectivity index (χ4v) is 3.42. The Morgan fingerprint density at radius 2 is 1.79 bits per heavy atom. The summed E-state index contributed by atoms with van der Waals surface area (Å²) in [5.74, 6) is -1.68. The maximum absolute atomic E-state index is 13.7. The number of carbonyl (C=O) groups excluding carboxylic acids is 1. The second-order valence-corrected chi connectivity index (χ2v) is 7.61. The summed E-state index contributed by atoms with van der Waals surface area (Å²) in [6.07, 6.45) is 3.24. The van der Waals surface area contributed by atoms with Crippen molar-refractivity contribution in [3.63, 3.8) is 0 Å². The van der Waals surface area contributed by atoms with Gasteiger partial charge >= 0.3 is 6.03 Å². The van der Waals surface area contributed by atoms with Gasteiger partial charge in [-0.1, -0.05) is 6.07 Å². The maximum atomic E-state index is 13.7. The molecule has 29 heavy (non-hydrogen) atoms. The average molecular weight is 418 g/mol. The molecular weight excluding hydrogens is 402 g/mol. The van der Waals surface area contributed by atoms with Crippen LogP contribution in [0.25, 0.3) is 0 Å². The summed E-state index contributed by atoms with van der Waals surface area (Å²) >= 11 is 0. The Hall–Kier alpha value is -3.53. The van der Waals surface area contributed by atoms with Gasteiger partial charge in [-0.3, -0.25) is 9.71 Å². The van der Waals surface area contributed by atoms with Gasteiger partial charge in [0, 0.05) is 30.7 Å². The lowest BCUT2D eigenvalue weighted by Gasteiger charge is -2.11. The molecule has 0 aliphatic rings. The van der Waals surface area contributed by atoms with Gasteiger partial charge in [0.25, 0.3) is 10.0 Å². The minimum Gasteiger partial charge on any atom is -0.334 e. The highest BCUT2D eigenvalue weighted by molar-refractivity contribution is 7.92. The van der Waals surface area contributed by atoms with Crippen LogP contribution in [0.4, 0.5) is 25.0 Å². The molecule has 2 amide bonds. The first-order chi connectivity index (χ1) is 13.8. The zero-order chi connectivity index (χ0) is 20.9. The highest BCUT2D eigenvalue weighted by Crippen LogP contribution is 2.21. The molecule has 0 saturated heterocycles. The monoisotopic (exact) mass is 418 g/mol. The van der Waals surface area contributed by atoms with Crippen LogP contribution in [0.2, 0.25) is 0 Å². The van der Waals surface area contributed by atoms with Crippen molar-refractivity contribution in [3.05, 3.63) is 84.2 Å². The van der Waals surface area contributed by atoms with Gasteiger partial charge in [-0.2, -0.15) is 0 Å². The number of sulfonamides is 1. The van der Waals surface area contributed by atoms with E-state index >= 15 is 0 Å². The molecule has 0 fully saturated rings. The van der Waals surface area contributed by atoms with Gasteiger partial charge in [-0.25, -0.2) is 22.0 Å². The predicted molar refractivity (Wildman–Crippen MR) is 104 cm³/mol. The summed E-state index contributed by atoms with van der Waals surface area (Å²) in [5, 5.41) is 5.20. The van der Waals surface area contributed by atoms with Crippen LogP contribution in [0.1, 0.15) is 5.56 Å². The van der Waals surface area contributed by atoms with Crippen LogP contribution in [0.5, 0.6) is 0 Å². The smallest absolute Gasteiger partial charge is 0.319 e. The zero-order valence-corrected chi connectivity index (χ0v) is 15.7. The first-order valence-electron chi connectivity index (χ1n) is 8.35. The summed E-state index contributed by atoms with van der Waals surface area (Å²) < 4.78 is 53.6. The van der Waals surface area contributed by atoms with E-state index in [0.717, 1.165) is 23.8 Å². The third-order valence-electron chi connectivity index (χ3n) is 3.77. The maximum Gasteiger partial charge on any atom is 0.319 e. The molecule has 0 aliphatic heterocycles. The number of pyridine rings is 1. The third kappa shape index (κ3) is 5.48. The third-order valence-corrected chi connectivity index (χ3v) is 5.15. The fraction of sp³-hybridized carbons (Fsp3) is 0.0526. The molecule has 150 valence electrons. The van der Waals surface area contributed by atoms with Crippen LogP contribution in [0, 0.1) is 11.6 Å². The van der Waals surface area contributed by atoms with Crippen molar-refractivity contribution in [1.82, 2.24) is 10.3 Å². The van der Waals surface area contributed by atoms with Gasteiger partial charge in [0.1, 0.15) is 11.6 Å². The quantitative estimate of drug-likeness (QED) is 0.571. The molecule has 1 heterocycles. The Balaban J connectivity index is 1.63. The summed E-state index contributed by atoms with van der Waals surface area (Å²) in [7, 11) is -4.14. The van der Waals surface area contributed by atoms with E-state index in [9.17, 15) is 22.0 Å². The van der Waals surface area contributed by atoms with E-state index in [1.807, 2.05) is 4.72 Å². The minimum absolute atomic E-state index is 0.178. The Bertz CT molecular complexity index is 1110. The first kappa shape index (κ1) is 20.2. The second kappa shape index (κ2) is 8.65.